The number of benzene rings is 1. The van der Waals surface area contributed by atoms with Crippen LogP contribution >= 0.6 is 11.6 Å². The molecule has 1 aromatic carbocycles. The Balaban J connectivity index is 2.17. The van der Waals surface area contributed by atoms with Gasteiger partial charge in [-0.2, -0.15) is 0 Å². The molecule has 0 unspecified atom stereocenters. The van der Waals surface area contributed by atoms with E-state index in [1.165, 1.54) is 6.42 Å². The molecular weight excluding hydrogens is 276 g/mol. The highest BCUT2D eigenvalue weighted by Crippen LogP contribution is 2.33. The zero-order chi connectivity index (χ0) is 14.1. The van der Waals surface area contributed by atoms with E-state index in [-0.39, 0.29) is 5.97 Å². The van der Waals surface area contributed by atoms with Crippen molar-refractivity contribution in [2.45, 2.75) is 13.3 Å². The molecule has 0 radical (unpaired) electrons. The Morgan fingerprint density at radius 2 is 2.20 bits per heavy atom. The van der Waals surface area contributed by atoms with Crippen molar-refractivity contribution >= 4 is 34.0 Å². The van der Waals surface area contributed by atoms with Gasteiger partial charge in [-0.3, -0.25) is 0 Å². The fraction of sp³-hybridized carbons (Fsp3) is 0.333. The molecule has 2 heterocycles. The maximum absolute atomic E-state index is 12.0. The molecule has 20 heavy (non-hydrogen) atoms. The lowest BCUT2D eigenvalue weighted by atomic mass is 10.0. The van der Waals surface area contributed by atoms with Gasteiger partial charge in [0.05, 0.1) is 12.2 Å². The maximum Gasteiger partial charge on any atom is 0.338 e. The molecule has 1 fully saturated rings. The Hall–Kier alpha value is -1.81. The molecule has 1 aliphatic heterocycles. The molecule has 5 heteroatoms. The number of pyridine rings is 1. The summed E-state index contributed by atoms with van der Waals surface area (Å²) in [5, 5.41) is 2.12. The quantitative estimate of drug-likeness (QED) is 0.643. The number of aromatic nitrogens is 1. The summed E-state index contributed by atoms with van der Waals surface area (Å²) in [6.07, 6.45) is 2.93. The van der Waals surface area contributed by atoms with Gasteiger partial charge >= 0.3 is 5.97 Å². The van der Waals surface area contributed by atoms with Crippen molar-refractivity contribution in [1.29, 1.82) is 0 Å². The fourth-order valence-corrected chi connectivity index (χ4v) is 2.58. The Bertz CT molecular complexity index is 668. The molecule has 0 spiro atoms. The van der Waals surface area contributed by atoms with Gasteiger partial charge in [-0.15, -0.1) is 0 Å². The van der Waals surface area contributed by atoms with E-state index in [0.717, 1.165) is 29.5 Å². The van der Waals surface area contributed by atoms with Crippen molar-refractivity contribution in [2.75, 3.05) is 24.6 Å². The predicted molar refractivity (Wildman–Crippen MR) is 79.5 cm³/mol. The molecule has 1 saturated heterocycles. The summed E-state index contributed by atoms with van der Waals surface area (Å²) >= 11 is 5.98. The fourth-order valence-electron chi connectivity index (χ4n) is 2.42. The number of anilines is 1. The number of carbonyl (C=O) groups is 1. The lowest BCUT2D eigenvalue weighted by Gasteiger charge is -2.34. The average molecular weight is 291 g/mol. The van der Waals surface area contributed by atoms with E-state index in [2.05, 4.69) is 9.88 Å². The van der Waals surface area contributed by atoms with Crippen molar-refractivity contribution in [3.8, 4) is 0 Å². The van der Waals surface area contributed by atoms with E-state index >= 15 is 0 Å². The van der Waals surface area contributed by atoms with Crippen LogP contribution in [0.4, 0.5) is 5.69 Å². The minimum absolute atomic E-state index is 0.324. The van der Waals surface area contributed by atoms with Gasteiger partial charge in [0.25, 0.3) is 0 Å². The lowest BCUT2D eigenvalue weighted by Crippen LogP contribution is -2.37. The number of rotatable bonds is 3. The van der Waals surface area contributed by atoms with Crippen molar-refractivity contribution < 1.29 is 9.53 Å². The molecule has 0 N–H and O–H groups in total. The van der Waals surface area contributed by atoms with Gasteiger partial charge in [0.1, 0.15) is 5.15 Å². The topological polar surface area (TPSA) is 42.4 Å². The molecule has 0 amide bonds. The number of ether oxygens (including phenoxy) is 1. The minimum atomic E-state index is -0.324. The van der Waals surface area contributed by atoms with E-state index in [4.69, 9.17) is 16.3 Å². The number of esters is 1. The summed E-state index contributed by atoms with van der Waals surface area (Å²) in [5.74, 6) is -0.324. The molecule has 1 aromatic heterocycles. The first-order valence-electron chi connectivity index (χ1n) is 6.71. The summed E-state index contributed by atoms with van der Waals surface area (Å²) in [6, 6.07) is 5.50. The van der Waals surface area contributed by atoms with Crippen LogP contribution in [0.5, 0.6) is 0 Å². The second-order valence-electron chi connectivity index (χ2n) is 4.75. The number of hydrogen-bond acceptors (Lipinski definition) is 4. The Kier molecular flexibility index (Phi) is 3.49. The monoisotopic (exact) mass is 290 g/mol. The van der Waals surface area contributed by atoms with Crippen LogP contribution in [0.3, 0.4) is 0 Å². The van der Waals surface area contributed by atoms with Gasteiger partial charge in [-0.05, 0) is 31.5 Å². The standard InChI is InChI=1S/C15H15ClN2O2/c1-2-20-15(19)10-4-5-13(18-6-3-7-18)12-9-17-14(16)8-11(10)12/h4-5,8-9H,2-3,6-7H2,1H3. The lowest BCUT2D eigenvalue weighted by molar-refractivity contribution is 0.0528. The predicted octanol–water partition coefficient (Wildman–Crippen LogP) is 3.28. The van der Waals surface area contributed by atoms with Gasteiger partial charge in [-0.25, -0.2) is 9.78 Å². The van der Waals surface area contributed by atoms with Crippen LogP contribution in [0.1, 0.15) is 23.7 Å². The number of fused-ring (bicyclic) bond motifs is 1. The summed E-state index contributed by atoms with van der Waals surface area (Å²) in [6.45, 7) is 4.23. The second kappa shape index (κ2) is 5.29. The third-order valence-corrected chi connectivity index (χ3v) is 3.74. The van der Waals surface area contributed by atoms with E-state index < -0.39 is 0 Å². The first-order chi connectivity index (χ1) is 9.70. The summed E-state index contributed by atoms with van der Waals surface area (Å²) in [5.41, 5.74) is 1.64. The summed E-state index contributed by atoms with van der Waals surface area (Å²) < 4.78 is 5.10. The minimum Gasteiger partial charge on any atom is -0.462 e. The zero-order valence-electron chi connectivity index (χ0n) is 11.2. The molecule has 0 bridgehead atoms. The second-order valence-corrected chi connectivity index (χ2v) is 5.13. The Morgan fingerprint density at radius 3 is 2.85 bits per heavy atom. The van der Waals surface area contributed by atoms with Gasteiger partial charge in [-0.1, -0.05) is 11.6 Å². The molecule has 104 valence electrons. The molecule has 3 rings (SSSR count). The van der Waals surface area contributed by atoms with E-state index in [9.17, 15) is 4.79 Å². The first kappa shape index (κ1) is 13.2. The largest absolute Gasteiger partial charge is 0.462 e. The van der Waals surface area contributed by atoms with E-state index in [0.29, 0.717) is 17.3 Å². The Labute approximate surface area is 122 Å². The van der Waals surface area contributed by atoms with Crippen LogP contribution in [-0.4, -0.2) is 30.6 Å². The molecule has 0 saturated carbocycles. The van der Waals surface area contributed by atoms with Crippen molar-refractivity contribution in [3.63, 3.8) is 0 Å². The van der Waals surface area contributed by atoms with Crippen LogP contribution < -0.4 is 4.90 Å². The van der Waals surface area contributed by atoms with Crippen LogP contribution in [-0.2, 0) is 4.74 Å². The van der Waals surface area contributed by atoms with Gasteiger partial charge in [0, 0.05) is 35.7 Å². The third-order valence-electron chi connectivity index (χ3n) is 3.54. The molecule has 4 nitrogen and oxygen atoms in total. The van der Waals surface area contributed by atoms with Crippen molar-refractivity contribution in [2.24, 2.45) is 0 Å². The number of carbonyl (C=O) groups excluding carboxylic acids is 1. The SMILES string of the molecule is CCOC(=O)c1ccc(N2CCC2)c2cnc(Cl)cc12. The molecule has 2 aromatic rings. The summed E-state index contributed by atoms with van der Waals surface area (Å²) in [4.78, 5) is 18.4. The smallest absolute Gasteiger partial charge is 0.338 e. The highest BCUT2D eigenvalue weighted by atomic mass is 35.5. The van der Waals surface area contributed by atoms with Crippen LogP contribution in [0.15, 0.2) is 24.4 Å². The maximum atomic E-state index is 12.0. The Morgan fingerprint density at radius 1 is 1.40 bits per heavy atom. The van der Waals surface area contributed by atoms with Gasteiger partial charge in [0.15, 0.2) is 0 Å². The zero-order valence-corrected chi connectivity index (χ0v) is 12.0. The van der Waals surface area contributed by atoms with Gasteiger partial charge < -0.3 is 9.64 Å². The van der Waals surface area contributed by atoms with Crippen molar-refractivity contribution in [1.82, 2.24) is 4.98 Å². The van der Waals surface area contributed by atoms with Crippen LogP contribution in [0, 0.1) is 0 Å². The first-order valence-corrected chi connectivity index (χ1v) is 7.09. The number of hydrogen-bond donors (Lipinski definition) is 0. The third kappa shape index (κ3) is 2.20. The number of halogens is 1. The van der Waals surface area contributed by atoms with Crippen LogP contribution in [0.25, 0.3) is 10.8 Å². The highest BCUT2D eigenvalue weighted by molar-refractivity contribution is 6.30. The molecule has 0 aliphatic carbocycles. The molecular formula is C15H15ClN2O2. The highest BCUT2D eigenvalue weighted by Gasteiger charge is 2.20. The van der Waals surface area contributed by atoms with Gasteiger partial charge in [0.2, 0.25) is 0 Å². The van der Waals surface area contributed by atoms with E-state index in [1.54, 1.807) is 19.2 Å². The molecule has 0 atom stereocenters. The van der Waals surface area contributed by atoms with Crippen LogP contribution in [0.2, 0.25) is 5.15 Å². The number of nitrogens with zero attached hydrogens (tertiary/aromatic N) is 2. The van der Waals surface area contributed by atoms with Crippen molar-refractivity contribution in [3.05, 3.63) is 35.1 Å². The average Bonchev–Trinajstić information content (AvgIpc) is 2.36. The normalized spacial score (nSPS) is 14.2. The molecule has 1 aliphatic rings. The van der Waals surface area contributed by atoms with E-state index in [1.807, 2.05) is 12.1 Å². The summed E-state index contributed by atoms with van der Waals surface area (Å²) in [7, 11) is 0.